The molecule has 0 aliphatic rings. The van der Waals surface area contributed by atoms with Crippen LogP contribution in [0.3, 0.4) is 0 Å². The summed E-state index contributed by atoms with van der Waals surface area (Å²) in [6.45, 7) is 2.00. The first kappa shape index (κ1) is 15.0. The average Bonchev–Trinajstić information content (AvgIpc) is 2.89. The van der Waals surface area contributed by atoms with E-state index in [9.17, 15) is 9.59 Å². The van der Waals surface area contributed by atoms with E-state index in [1.165, 1.54) is 21.9 Å². The van der Waals surface area contributed by atoms with Crippen molar-refractivity contribution < 1.29 is 14.7 Å². The number of carboxylic acids is 1. The monoisotopic (exact) mass is 301 g/mol. The van der Waals surface area contributed by atoms with Gasteiger partial charge in [0.1, 0.15) is 0 Å². The maximum absolute atomic E-state index is 12.1. The molecule has 5 heteroatoms. The van der Waals surface area contributed by atoms with Crippen LogP contribution in [0.5, 0.6) is 0 Å². The molecule has 0 saturated heterocycles. The van der Waals surface area contributed by atoms with E-state index in [2.05, 4.69) is 0 Å². The molecule has 2 rings (SSSR count). The summed E-state index contributed by atoms with van der Waals surface area (Å²) < 4.78 is 0. The summed E-state index contributed by atoms with van der Waals surface area (Å²) >= 11 is 1.59. The number of aryl methyl sites for hydroxylation is 1. The summed E-state index contributed by atoms with van der Waals surface area (Å²) in [4.78, 5) is 26.8. The second-order valence-electron chi connectivity index (χ2n) is 4.50. The number of benzene rings is 1. The average molecular weight is 301 g/mol. The highest BCUT2D eigenvalue weighted by Crippen LogP contribution is 2.20. The minimum absolute atomic E-state index is 0.105. The zero-order valence-electron chi connectivity index (χ0n) is 11.7. The van der Waals surface area contributed by atoms with Crippen molar-refractivity contribution in [2.45, 2.75) is 6.92 Å². The van der Waals surface area contributed by atoms with Crippen LogP contribution in [0.15, 0.2) is 42.5 Å². The third-order valence-electron chi connectivity index (χ3n) is 2.98. The van der Waals surface area contributed by atoms with E-state index in [4.69, 9.17) is 5.11 Å². The van der Waals surface area contributed by atoms with Gasteiger partial charge < -0.3 is 10.0 Å². The molecule has 0 unspecified atom stereocenters. The Kier molecular flexibility index (Phi) is 4.55. The van der Waals surface area contributed by atoms with Crippen molar-refractivity contribution in [1.29, 1.82) is 0 Å². The number of hydrogen-bond donors (Lipinski definition) is 1. The largest absolute Gasteiger partial charge is 0.478 e. The fourth-order valence-corrected chi connectivity index (χ4v) is 2.65. The summed E-state index contributed by atoms with van der Waals surface area (Å²) in [6.07, 6.45) is 3.18. The minimum Gasteiger partial charge on any atom is -0.478 e. The van der Waals surface area contributed by atoms with E-state index in [1.807, 2.05) is 19.1 Å². The molecular formula is C16H15NO3S. The van der Waals surface area contributed by atoms with Gasteiger partial charge in [-0.3, -0.25) is 4.79 Å². The molecule has 1 aromatic heterocycles. The Labute approximate surface area is 127 Å². The van der Waals surface area contributed by atoms with Gasteiger partial charge in [0, 0.05) is 22.9 Å². The molecule has 0 bridgehead atoms. The molecule has 1 aromatic carbocycles. The first-order valence-corrected chi connectivity index (χ1v) is 7.15. The van der Waals surface area contributed by atoms with Crippen molar-refractivity contribution in [3.63, 3.8) is 0 Å². The summed E-state index contributed by atoms with van der Waals surface area (Å²) in [7, 11) is 1.56. The van der Waals surface area contributed by atoms with Crippen LogP contribution >= 0.6 is 11.3 Å². The molecule has 4 nitrogen and oxygen atoms in total. The van der Waals surface area contributed by atoms with Crippen molar-refractivity contribution in [2.24, 2.45) is 0 Å². The first-order chi connectivity index (χ1) is 9.99. The standard InChI is InChI=1S/C16H15NO3S/c1-11-7-8-12(21-11)9-10-15(18)17(2)14-6-4-3-5-13(14)16(19)20/h3-10H,1-2H3,(H,19,20)/b10-9+. The topological polar surface area (TPSA) is 57.6 Å². The Bertz CT molecular complexity index is 703. The lowest BCUT2D eigenvalue weighted by Gasteiger charge is -2.17. The number of carbonyl (C=O) groups is 2. The van der Waals surface area contributed by atoms with Crippen molar-refractivity contribution in [3.8, 4) is 0 Å². The molecule has 0 aliphatic heterocycles. The fourth-order valence-electron chi connectivity index (χ4n) is 1.87. The van der Waals surface area contributed by atoms with Gasteiger partial charge in [-0.2, -0.15) is 0 Å². The van der Waals surface area contributed by atoms with E-state index >= 15 is 0 Å². The van der Waals surface area contributed by atoms with Crippen LogP contribution in [0.2, 0.25) is 0 Å². The van der Waals surface area contributed by atoms with Crippen LogP contribution in [0.4, 0.5) is 5.69 Å². The number of rotatable bonds is 4. The fraction of sp³-hybridized carbons (Fsp3) is 0.125. The van der Waals surface area contributed by atoms with Crippen molar-refractivity contribution in [3.05, 3.63) is 57.8 Å². The number of carbonyl (C=O) groups excluding carboxylic acids is 1. The number of likely N-dealkylation sites (N-methyl/N-ethyl adjacent to an activating group) is 1. The first-order valence-electron chi connectivity index (χ1n) is 6.33. The van der Waals surface area contributed by atoms with Crippen LogP contribution in [-0.4, -0.2) is 24.0 Å². The third-order valence-corrected chi connectivity index (χ3v) is 3.94. The minimum atomic E-state index is -1.05. The molecule has 0 fully saturated rings. The molecule has 0 aliphatic carbocycles. The maximum atomic E-state index is 12.1. The van der Waals surface area contributed by atoms with Crippen molar-refractivity contribution in [1.82, 2.24) is 0 Å². The zero-order chi connectivity index (χ0) is 15.4. The van der Waals surface area contributed by atoms with Gasteiger partial charge in [0.25, 0.3) is 5.91 Å². The van der Waals surface area contributed by atoms with Gasteiger partial charge in [-0.25, -0.2) is 4.79 Å². The van der Waals surface area contributed by atoms with Crippen LogP contribution in [0.1, 0.15) is 20.1 Å². The number of nitrogens with zero attached hydrogens (tertiary/aromatic N) is 1. The molecule has 0 atom stereocenters. The summed E-state index contributed by atoms with van der Waals surface area (Å²) in [5, 5.41) is 9.15. The highest BCUT2D eigenvalue weighted by molar-refractivity contribution is 7.12. The zero-order valence-corrected chi connectivity index (χ0v) is 12.6. The second-order valence-corrected chi connectivity index (χ2v) is 5.82. The Hall–Kier alpha value is -2.40. The molecular weight excluding hydrogens is 286 g/mol. The quantitative estimate of drug-likeness (QED) is 0.880. The summed E-state index contributed by atoms with van der Waals surface area (Å²) in [5.74, 6) is -1.32. The van der Waals surface area contributed by atoms with Crippen LogP contribution in [-0.2, 0) is 4.79 Å². The van der Waals surface area contributed by atoms with Crippen LogP contribution in [0, 0.1) is 6.92 Å². The number of aromatic carboxylic acids is 1. The molecule has 1 N–H and O–H groups in total. The van der Waals surface area contributed by atoms with Gasteiger partial charge in [-0.05, 0) is 37.3 Å². The van der Waals surface area contributed by atoms with E-state index in [-0.39, 0.29) is 11.5 Å². The van der Waals surface area contributed by atoms with Gasteiger partial charge in [0.2, 0.25) is 0 Å². The Morgan fingerprint density at radius 3 is 2.52 bits per heavy atom. The number of hydrogen-bond acceptors (Lipinski definition) is 3. The molecule has 1 amide bonds. The number of para-hydroxylation sites is 1. The second kappa shape index (κ2) is 6.37. The van der Waals surface area contributed by atoms with Gasteiger partial charge in [-0.1, -0.05) is 12.1 Å². The molecule has 0 radical (unpaired) electrons. The number of anilines is 1. The maximum Gasteiger partial charge on any atom is 0.337 e. The third kappa shape index (κ3) is 3.58. The predicted octanol–water partition coefficient (Wildman–Crippen LogP) is 3.43. The molecule has 2 aromatic rings. The number of amides is 1. The van der Waals surface area contributed by atoms with Crippen LogP contribution < -0.4 is 4.90 Å². The van der Waals surface area contributed by atoms with E-state index in [0.717, 1.165) is 4.88 Å². The normalized spacial score (nSPS) is 10.8. The SMILES string of the molecule is Cc1ccc(/C=C/C(=O)N(C)c2ccccc2C(=O)O)s1. The smallest absolute Gasteiger partial charge is 0.337 e. The Balaban J connectivity index is 2.20. The molecule has 21 heavy (non-hydrogen) atoms. The van der Waals surface area contributed by atoms with Gasteiger partial charge in [0.05, 0.1) is 11.3 Å². The predicted molar refractivity (Wildman–Crippen MR) is 84.9 cm³/mol. The highest BCUT2D eigenvalue weighted by Gasteiger charge is 2.15. The van der Waals surface area contributed by atoms with Crippen molar-refractivity contribution >= 4 is 35.0 Å². The van der Waals surface area contributed by atoms with E-state index in [1.54, 1.807) is 42.7 Å². The summed E-state index contributed by atoms with van der Waals surface area (Å²) in [6, 6.07) is 10.4. The molecule has 0 spiro atoms. The van der Waals surface area contributed by atoms with Crippen LogP contribution in [0.25, 0.3) is 6.08 Å². The van der Waals surface area contributed by atoms with E-state index < -0.39 is 5.97 Å². The van der Waals surface area contributed by atoms with Gasteiger partial charge in [0.15, 0.2) is 0 Å². The lowest BCUT2D eigenvalue weighted by atomic mass is 10.1. The lowest BCUT2D eigenvalue weighted by molar-refractivity contribution is -0.113. The van der Waals surface area contributed by atoms with Gasteiger partial charge in [-0.15, -0.1) is 11.3 Å². The number of carboxylic acid groups (broad SMARTS) is 1. The highest BCUT2D eigenvalue weighted by atomic mass is 32.1. The molecule has 1 heterocycles. The Morgan fingerprint density at radius 1 is 1.19 bits per heavy atom. The number of thiophene rings is 1. The molecule has 0 saturated carbocycles. The van der Waals surface area contributed by atoms with Gasteiger partial charge >= 0.3 is 5.97 Å². The lowest BCUT2D eigenvalue weighted by Crippen LogP contribution is -2.25. The Morgan fingerprint density at radius 2 is 1.90 bits per heavy atom. The summed E-state index contributed by atoms with van der Waals surface area (Å²) in [5.41, 5.74) is 0.482. The molecule has 108 valence electrons. The van der Waals surface area contributed by atoms with Crippen molar-refractivity contribution in [2.75, 3.05) is 11.9 Å². The van der Waals surface area contributed by atoms with E-state index in [0.29, 0.717) is 5.69 Å².